The highest BCUT2D eigenvalue weighted by Crippen LogP contribution is 2.35. The molecule has 5 nitrogen and oxygen atoms in total. The molecule has 0 amide bonds. The Balaban J connectivity index is 3.29. The summed E-state index contributed by atoms with van der Waals surface area (Å²) in [4.78, 5) is 0. The smallest absolute Gasteiger partial charge is 0.161 e. The Bertz CT molecular complexity index is 413. The fourth-order valence-electron chi connectivity index (χ4n) is 2.53. The van der Waals surface area contributed by atoms with Gasteiger partial charge in [-0.1, -0.05) is 6.92 Å². The second kappa shape index (κ2) is 7.09. The average Bonchev–Trinajstić information content (AvgIpc) is 2.78. The SMILES string of the molecule is CCNC(c1c(OC)cnn1C(C)C)C(C)(C)OCC. The van der Waals surface area contributed by atoms with Gasteiger partial charge in [-0.15, -0.1) is 0 Å². The number of likely N-dealkylation sites (N-methyl/N-ethyl adjacent to an activating group) is 1. The number of aromatic nitrogens is 2. The maximum absolute atomic E-state index is 5.94. The number of nitrogens with zero attached hydrogens (tertiary/aromatic N) is 2. The number of rotatable bonds is 8. The third-order valence-electron chi connectivity index (χ3n) is 3.40. The first-order chi connectivity index (χ1) is 9.38. The van der Waals surface area contributed by atoms with Gasteiger partial charge in [-0.3, -0.25) is 4.68 Å². The summed E-state index contributed by atoms with van der Waals surface area (Å²) < 4.78 is 13.4. The minimum atomic E-state index is -0.343. The molecule has 1 N–H and O–H groups in total. The molecule has 1 aromatic rings. The Hall–Kier alpha value is -1.07. The molecular formula is C15H29N3O2. The molecule has 0 aliphatic rings. The highest BCUT2D eigenvalue weighted by atomic mass is 16.5. The fraction of sp³-hybridized carbons (Fsp3) is 0.800. The van der Waals surface area contributed by atoms with Crippen LogP contribution in [0.5, 0.6) is 5.75 Å². The Labute approximate surface area is 122 Å². The molecule has 0 aliphatic heterocycles. The van der Waals surface area contributed by atoms with Crippen molar-refractivity contribution < 1.29 is 9.47 Å². The molecule has 0 aliphatic carbocycles. The second-order valence-corrected chi connectivity index (χ2v) is 5.66. The summed E-state index contributed by atoms with van der Waals surface area (Å²) in [5, 5.41) is 7.97. The molecule has 1 rings (SSSR count). The van der Waals surface area contributed by atoms with Crippen molar-refractivity contribution in [1.82, 2.24) is 15.1 Å². The normalized spacial score (nSPS) is 13.8. The maximum Gasteiger partial charge on any atom is 0.161 e. The van der Waals surface area contributed by atoms with E-state index < -0.39 is 0 Å². The standard InChI is InChI=1S/C15H29N3O2/c1-8-16-14(15(5,6)20-9-2)13-12(19-7)10-17-18(13)11(3)4/h10-11,14,16H,8-9H2,1-7H3. The van der Waals surface area contributed by atoms with Gasteiger partial charge in [0.15, 0.2) is 5.75 Å². The van der Waals surface area contributed by atoms with E-state index in [0.717, 1.165) is 18.0 Å². The molecule has 1 aromatic heterocycles. The Morgan fingerprint density at radius 3 is 2.45 bits per heavy atom. The topological polar surface area (TPSA) is 48.3 Å². The summed E-state index contributed by atoms with van der Waals surface area (Å²) in [6, 6.07) is 0.291. The van der Waals surface area contributed by atoms with Gasteiger partial charge in [0.1, 0.15) is 5.69 Å². The molecule has 0 bridgehead atoms. The van der Waals surface area contributed by atoms with E-state index in [1.54, 1.807) is 13.3 Å². The van der Waals surface area contributed by atoms with E-state index in [4.69, 9.17) is 9.47 Å². The third kappa shape index (κ3) is 3.52. The number of hydrogen-bond acceptors (Lipinski definition) is 4. The van der Waals surface area contributed by atoms with Crippen LogP contribution in [-0.4, -0.2) is 35.6 Å². The van der Waals surface area contributed by atoms with Crippen molar-refractivity contribution in [3.05, 3.63) is 11.9 Å². The minimum Gasteiger partial charge on any atom is -0.493 e. The summed E-state index contributed by atoms with van der Waals surface area (Å²) in [6.07, 6.45) is 1.78. The first kappa shape index (κ1) is 17.0. The van der Waals surface area contributed by atoms with Gasteiger partial charge in [0.25, 0.3) is 0 Å². The zero-order chi connectivity index (χ0) is 15.3. The van der Waals surface area contributed by atoms with E-state index in [2.05, 4.69) is 45.0 Å². The number of nitrogens with one attached hydrogen (secondary N) is 1. The van der Waals surface area contributed by atoms with Crippen molar-refractivity contribution in [2.24, 2.45) is 0 Å². The molecule has 0 aromatic carbocycles. The van der Waals surface area contributed by atoms with Crippen molar-refractivity contribution >= 4 is 0 Å². The largest absolute Gasteiger partial charge is 0.493 e. The van der Waals surface area contributed by atoms with Gasteiger partial charge in [0.05, 0.1) is 24.9 Å². The lowest BCUT2D eigenvalue weighted by molar-refractivity contribution is -0.0415. The number of ether oxygens (including phenoxy) is 2. The van der Waals surface area contributed by atoms with E-state index in [1.165, 1.54) is 0 Å². The first-order valence-corrected chi connectivity index (χ1v) is 7.37. The van der Waals surface area contributed by atoms with Crippen LogP contribution in [0.4, 0.5) is 0 Å². The van der Waals surface area contributed by atoms with E-state index in [-0.39, 0.29) is 17.7 Å². The number of hydrogen-bond donors (Lipinski definition) is 1. The molecule has 0 radical (unpaired) electrons. The van der Waals surface area contributed by atoms with Crippen molar-refractivity contribution in [2.45, 2.75) is 59.2 Å². The predicted molar refractivity (Wildman–Crippen MR) is 81.3 cm³/mol. The third-order valence-corrected chi connectivity index (χ3v) is 3.40. The molecule has 20 heavy (non-hydrogen) atoms. The van der Waals surface area contributed by atoms with Crippen molar-refractivity contribution in [2.75, 3.05) is 20.3 Å². The first-order valence-electron chi connectivity index (χ1n) is 7.37. The average molecular weight is 283 g/mol. The van der Waals surface area contributed by atoms with Gasteiger partial charge in [-0.05, 0) is 41.2 Å². The quantitative estimate of drug-likeness (QED) is 0.797. The molecule has 1 heterocycles. The fourth-order valence-corrected chi connectivity index (χ4v) is 2.53. The van der Waals surface area contributed by atoms with Crippen LogP contribution < -0.4 is 10.1 Å². The summed E-state index contributed by atoms with van der Waals surface area (Å²) in [7, 11) is 1.68. The van der Waals surface area contributed by atoms with Gasteiger partial charge < -0.3 is 14.8 Å². The molecule has 1 atom stereocenters. The molecule has 116 valence electrons. The predicted octanol–water partition coefficient (Wildman–Crippen LogP) is 2.94. The van der Waals surface area contributed by atoms with E-state index in [1.807, 2.05) is 11.6 Å². The van der Waals surface area contributed by atoms with E-state index >= 15 is 0 Å². The second-order valence-electron chi connectivity index (χ2n) is 5.66. The van der Waals surface area contributed by atoms with Gasteiger partial charge in [0.2, 0.25) is 0 Å². The van der Waals surface area contributed by atoms with Crippen LogP contribution >= 0.6 is 0 Å². The molecule has 0 saturated heterocycles. The summed E-state index contributed by atoms with van der Waals surface area (Å²) >= 11 is 0. The molecule has 1 unspecified atom stereocenters. The number of methoxy groups -OCH3 is 1. The van der Waals surface area contributed by atoms with Crippen LogP contribution in [0.3, 0.4) is 0 Å². The molecule has 5 heteroatoms. The molecule has 0 spiro atoms. The van der Waals surface area contributed by atoms with Crippen LogP contribution in [0.1, 0.15) is 59.3 Å². The van der Waals surface area contributed by atoms with E-state index in [0.29, 0.717) is 6.61 Å². The van der Waals surface area contributed by atoms with Gasteiger partial charge in [-0.25, -0.2) is 0 Å². The summed E-state index contributed by atoms with van der Waals surface area (Å²) in [6.45, 7) is 14.1. The monoisotopic (exact) mass is 283 g/mol. The van der Waals surface area contributed by atoms with Gasteiger partial charge >= 0.3 is 0 Å². The Kier molecular flexibility index (Phi) is 6.02. The minimum absolute atomic E-state index is 0.0206. The van der Waals surface area contributed by atoms with Gasteiger partial charge in [-0.2, -0.15) is 5.10 Å². The highest BCUT2D eigenvalue weighted by molar-refractivity contribution is 5.30. The van der Waals surface area contributed by atoms with E-state index in [9.17, 15) is 0 Å². The Morgan fingerprint density at radius 1 is 1.35 bits per heavy atom. The van der Waals surface area contributed by atoms with Crippen LogP contribution in [0.15, 0.2) is 6.20 Å². The zero-order valence-corrected chi connectivity index (χ0v) is 13.9. The van der Waals surface area contributed by atoms with Crippen LogP contribution in [0.2, 0.25) is 0 Å². The zero-order valence-electron chi connectivity index (χ0n) is 13.9. The Morgan fingerprint density at radius 2 is 2.00 bits per heavy atom. The van der Waals surface area contributed by atoms with Crippen molar-refractivity contribution in [1.29, 1.82) is 0 Å². The lowest BCUT2D eigenvalue weighted by atomic mass is 9.94. The lowest BCUT2D eigenvalue weighted by Crippen LogP contribution is -2.43. The molecule has 0 saturated carbocycles. The molecular weight excluding hydrogens is 254 g/mol. The highest BCUT2D eigenvalue weighted by Gasteiger charge is 2.36. The summed E-state index contributed by atoms with van der Waals surface area (Å²) in [5.41, 5.74) is 0.702. The van der Waals surface area contributed by atoms with Crippen LogP contribution in [0, 0.1) is 0 Å². The van der Waals surface area contributed by atoms with Gasteiger partial charge in [0, 0.05) is 12.6 Å². The van der Waals surface area contributed by atoms with Crippen molar-refractivity contribution in [3.63, 3.8) is 0 Å². The van der Waals surface area contributed by atoms with Crippen LogP contribution in [0.25, 0.3) is 0 Å². The lowest BCUT2D eigenvalue weighted by Gasteiger charge is -2.35. The van der Waals surface area contributed by atoms with Crippen molar-refractivity contribution in [3.8, 4) is 5.75 Å². The molecule has 0 fully saturated rings. The maximum atomic E-state index is 5.94. The van der Waals surface area contributed by atoms with Crippen LogP contribution in [-0.2, 0) is 4.74 Å². The summed E-state index contributed by atoms with van der Waals surface area (Å²) in [5.74, 6) is 0.803.